The van der Waals surface area contributed by atoms with Gasteiger partial charge in [-0.3, -0.25) is 4.79 Å². The predicted octanol–water partition coefficient (Wildman–Crippen LogP) is 2.87. The molecule has 0 spiro atoms. The fourth-order valence-corrected chi connectivity index (χ4v) is 1.99. The van der Waals surface area contributed by atoms with Gasteiger partial charge in [0.05, 0.1) is 0 Å². The molecule has 2 rings (SSSR count). The SMILES string of the molecule is Cc1cc(C)cc(N(C)C(=O)c2ccc(C(=O)O)o2)c1. The van der Waals surface area contributed by atoms with Gasteiger partial charge >= 0.3 is 5.97 Å². The Labute approximate surface area is 116 Å². The van der Waals surface area contributed by atoms with Crippen LogP contribution in [0.25, 0.3) is 0 Å². The fourth-order valence-electron chi connectivity index (χ4n) is 1.99. The number of rotatable bonds is 3. The van der Waals surface area contributed by atoms with Crippen molar-refractivity contribution in [3.63, 3.8) is 0 Å². The number of furan rings is 1. The van der Waals surface area contributed by atoms with Gasteiger partial charge in [0.25, 0.3) is 5.91 Å². The smallest absolute Gasteiger partial charge is 0.371 e. The van der Waals surface area contributed by atoms with Gasteiger partial charge in [0.1, 0.15) is 0 Å². The quantitative estimate of drug-likeness (QED) is 0.933. The first kappa shape index (κ1) is 13.9. The maximum Gasteiger partial charge on any atom is 0.371 e. The number of nitrogens with zero attached hydrogens (tertiary/aromatic N) is 1. The molecule has 1 aromatic heterocycles. The average molecular weight is 273 g/mol. The summed E-state index contributed by atoms with van der Waals surface area (Å²) in [6.07, 6.45) is 0. The van der Waals surface area contributed by atoms with Crippen LogP contribution in [0.1, 0.15) is 32.2 Å². The number of aromatic carboxylic acids is 1. The first-order valence-corrected chi connectivity index (χ1v) is 6.08. The number of hydrogen-bond donors (Lipinski definition) is 1. The maximum atomic E-state index is 12.2. The topological polar surface area (TPSA) is 70.8 Å². The Morgan fingerprint density at radius 3 is 2.10 bits per heavy atom. The van der Waals surface area contributed by atoms with Crippen molar-refractivity contribution in [2.45, 2.75) is 13.8 Å². The van der Waals surface area contributed by atoms with Crippen LogP contribution in [0.2, 0.25) is 0 Å². The Balaban J connectivity index is 2.29. The van der Waals surface area contributed by atoms with E-state index < -0.39 is 5.97 Å². The molecule has 0 aliphatic heterocycles. The number of carbonyl (C=O) groups excluding carboxylic acids is 1. The molecule has 1 amide bonds. The highest BCUT2D eigenvalue weighted by Gasteiger charge is 2.19. The van der Waals surface area contributed by atoms with Crippen LogP contribution < -0.4 is 4.90 Å². The monoisotopic (exact) mass is 273 g/mol. The number of carboxylic acid groups (broad SMARTS) is 1. The van der Waals surface area contributed by atoms with Crippen molar-refractivity contribution in [1.29, 1.82) is 0 Å². The minimum atomic E-state index is -1.20. The number of carboxylic acids is 1. The average Bonchev–Trinajstić information content (AvgIpc) is 2.85. The van der Waals surface area contributed by atoms with Crippen molar-refractivity contribution in [3.8, 4) is 0 Å². The molecule has 0 unspecified atom stereocenters. The molecule has 1 aromatic carbocycles. The van der Waals surface area contributed by atoms with Crippen LogP contribution in [-0.2, 0) is 0 Å². The lowest BCUT2D eigenvalue weighted by atomic mass is 10.1. The van der Waals surface area contributed by atoms with Crippen LogP contribution in [-0.4, -0.2) is 24.0 Å². The Hall–Kier alpha value is -2.56. The van der Waals surface area contributed by atoms with Gasteiger partial charge in [0, 0.05) is 12.7 Å². The zero-order chi connectivity index (χ0) is 14.9. The second-order valence-electron chi connectivity index (χ2n) is 4.68. The molecule has 0 bridgehead atoms. The van der Waals surface area contributed by atoms with Crippen molar-refractivity contribution >= 4 is 17.6 Å². The summed E-state index contributed by atoms with van der Waals surface area (Å²) in [5.74, 6) is -1.83. The number of aryl methyl sites for hydroxylation is 2. The van der Waals surface area contributed by atoms with E-state index in [0.717, 1.165) is 16.8 Å². The second-order valence-corrected chi connectivity index (χ2v) is 4.68. The van der Waals surface area contributed by atoms with Gasteiger partial charge in [-0.2, -0.15) is 0 Å². The van der Waals surface area contributed by atoms with E-state index in [1.807, 2.05) is 32.0 Å². The lowest BCUT2D eigenvalue weighted by molar-refractivity contribution is 0.0660. The van der Waals surface area contributed by atoms with E-state index in [2.05, 4.69) is 0 Å². The zero-order valence-corrected chi connectivity index (χ0v) is 11.5. The minimum Gasteiger partial charge on any atom is -0.475 e. The summed E-state index contributed by atoms with van der Waals surface area (Å²) in [4.78, 5) is 24.4. The number of carbonyl (C=O) groups is 2. The lowest BCUT2D eigenvalue weighted by Gasteiger charge is -2.17. The molecule has 0 atom stereocenters. The normalized spacial score (nSPS) is 10.3. The Morgan fingerprint density at radius 1 is 1.05 bits per heavy atom. The molecule has 0 saturated heterocycles. The summed E-state index contributed by atoms with van der Waals surface area (Å²) in [7, 11) is 1.62. The van der Waals surface area contributed by atoms with E-state index in [9.17, 15) is 9.59 Å². The lowest BCUT2D eigenvalue weighted by Crippen LogP contribution is -2.25. The van der Waals surface area contributed by atoms with Crippen molar-refractivity contribution in [2.24, 2.45) is 0 Å². The van der Waals surface area contributed by atoms with E-state index in [4.69, 9.17) is 9.52 Å². The van der Waals surface area contributed by atoms with Crippen molar-refractivity contribution in [2.75, 3.05) is 11.9 Å². The fraction of sp³-hybridized carbons (Fsp3) is 0.200. The van der Waals surface area contributed by atoms with Crippen LogP contribution in [0.5, 0.6) is 0 Å². The minimum absolute atomic E-state index is 0.00376. The highest BCUT2D eigenvalue weighted by molar-refractivity contribution is 6.04. The Kier molecular flexibility index (Phi) is 3.61. The number of anilines is 1. The summed E-state index contributed by atoms with van der Waals surface area (Å²) in [5.41, 5.74) is 2.83. The van der Waals surface area contributed by atoms with Crippen molar-refractivity contribution in [1.82, 2.24) is 0 Å². The van der Waals surface area contributed by atoms with Gasteiger partial charge in [0.2, 0.25) is 5.76 Å². The van der Waals surface area contributed by atoms with E-state index in [0.29, 0.717) is 0 Å². The van der Waals surface area contributed by atoms with Gasteiger partial charge in [-0.1, -0.05) is 6.07 Å². The zero-order valence-electron chi connectivity index (χ0n) is 11.5. The van der Waals surface area contributed by atoms with Crippen LogP contribution in [0.4, 0.5) is 5.69 Å². The summed E-state index contributed by atoms with van der Waals surface area (Å²) >= 11 is 0. The number of benzene rings is 1. The van der Waals surface area contributed by atoms with Gasteiger partial charge < -0.3 is 14.4 Å². The summed E-state index contributed by atoms with van der Waals surface area (Å²) in [5, 5.41) is 8.79. The molecule has 20 heavy (non-hydrogen) atoms. The van der Waals surface area contributed by atoms with Gasteiger partial charge in [-0.05, 0) is 49.2 Å². The molecule has 1 heterocycles. The largest absolute Gasteiger partial charge is 0.475 e. The van der Waals surface area contributed by atoms with E-state index in [1.165, 1.54) is 17.0 Å². The highest BCUT2D eigenvalue weighted by atomic mass is 16.4. The maximum absolute atomic E-state index is 12.2. The second kappa shape index (κ2) is 5.21. The number of amides is 1. The third-order valence-corrected chi connectivity index (χ3v) is 2.93. The Morgan fingerprint density at radius 2 is 1.60 bits per heavy atom. The molecule has 5 heteroatoms. The predicted molar refractivity (Wildman–Crippen MR) is 74.3 cm³/mol. The molecule has 104 valence electrons. The van der Waals surface area contributed by atoms with Crippen LogP contribution in [0.3, 0.4) is 0 Å². The van der Waals surface area contributed by atoms with Crippen LogP contribution in [0, 0.1) is 13.8 Å². The highest BCUT2D eigenvalue weighted by Crippen LogP contribution is 2.20. The first-order valence-electron chi connectivity index (χ1n) is 6.08. The van der Waals surface area contributed by atoms with Gasteiger partial charge in [-0.25, -0.2) is 4.79 Å². The Bertz CT molecular complexity index is 652. The van der Waals surface area contributed by atoms with Gasteiger partial charge in [-0.15, -0.1) is 0 Å². The summed E-state index contributed by atoms with van der Waals surface area (Å²) < 4.78 is 5.02. The van der Waals surface area contributed by atoms with Crippen molar-refractivity contribution in [3.05, 3.63) is 53.0 Å². The third kappa shape index (κ3) is 2.71. The molecule has 2 aromatic rings. The number of hydrogen-bond acceptors (Lipinski definition) is 3. The molecule has 5 nitrogen and oxygen atoms in total. The van der Waals surface area contributed by atoms with E-state index in [-0.39, 0.29) is 17.4 Å². The molecule has 0 aliphatic carbocycles. The van der Waals surface area contributed by atoms with E-state index in [1.54, 1.807) is 7.05 Å². The first-order chi connectivity index (χ1) is 9.38. The van der Waals surface area contributed by atoms with Crippen molar-refractivity contribution < 1.29 is 19.1 Å². The van der Waals surface area contributed by atoms with Crippen LogP contribution in [0.15, 0.2) is 34.7 Å². The molecule has 0 aliphatic rings. The molecule has 0 radical (unpaired) electrons. The van der Waals surface area contributed by atoms with E-state index >= 15 is 0 Å². The molecular weight excluding hydrogens is 258 g/mol. The molecule has 1 N–H and O–H groups in total. The molecule has 0 saturated carbocycles. The third-order valence-electron chi connectivity index (χ3n) is 2.93. The van der Waals surface area contributed by atoms with Gasteiger partial charge in [0.15, 0.2) is 5.76 Å². The van der Waals surface area contributed by atoms with Crippen LogP contribution >= 0.6 is 0 Å². The standard InChI is InChI=1S/C15H15NO4/c1-9-6-10(2)8-11(7-9)16(3)14(17)12-4-5-13(20-12)15(18)19/h4-8H,1-3H3,(H,18,19). The summed E-state index contributed by atoms with van der Waals surface area (Å²) in [6.45, 7) is 3.90. The summed E-state index contributed by atoms with van der Waals surface area (Å²) in [6, 6.07) is 8.41. The molecular formula is C15H15NO4. The molecule has 0 fully saturated rings.